The van der Waals surface area contributed by atoms with Crippen LogP contribution >= 0.6 is 0 Å². The molecule has 12 nitrogen and oxygen atoms in total. The van der Waals surface area contributed by atoms with Gasteiger partial charge in [-0.25, -0.2) is 0 Å². The molecule has 4 atom stereocenters. The first-order valence-electron chi connectivity index (χ1n) is 9.88. The molecular weight excluding hydrogens is 408 g/mol. The number of ether oxygens (including phenoxy) is 3. The van der Waals surface area contributed by atoms with Crippen molar-refractivity contribution in [3.05, 3.63) is 24.3 Å². The average molecular weight is 431 g/mol. The molecule has 4 rings (SSSR count). The van der Waals surface area contributed by atoms with E-state index in [1.54, 1.807) is 0 Å². The van der Waals surface area contributed by atoms with Crippen LogP contribution in [0.15, 0.2) is 24.3 Å². The van der Waals surface area contributed by atoms with E-state index in [-0.39, 0.29) is 50.3 Å². The highest BCUT2D eigenvalue weighted by Crippen LogP contribution is 2.36. The van der Waals surface area contributed by atoms with Gasteiger partial charge in [-0.2, -0.15) is 4.68 Å². The van der Waals surface area contributed by atoms with E-state index >= 15 is 0 Å². The van der Waals surface area contributed by atoms with Crippen molar-refractivity contribution >= 4 is 17.6 Å². The number of hydrogen-bond acceptors (Lipinski definition) is 10. The smallest absolute Gasteiger partial charge is 0.341 e. The van der Waals surface area contributed by atoms with Crippen molar-refractivity contribution in [1.82, 2.24) is 25.5 Å². The van der Waals surface area contributed by atoms with Gasteiger partial charge < -0.3 is 34.3 Å². The molecule has 3 heterocycles. The summed E-state index contributed by atoms with van der Waals surface area (Å²) in [5.74, 6) is -1.07. The van der Waals surface area contributed by atoms with Crippen LogP contribution in [-0.4, -0.2) is 77.6 Å². The molecule has 0 bridgehead atoms. The van der Waals surface area contributed by atoms with E-state index in [4.69, 9.17) is 14.2 Å². The molecular formula is C19H23N6O6-. The van der Waals surface area contributed by atoms with Crippen molar-refractivity contribution < 1.29 is 28.9 Å². The second kappa shape index (κ2) is 8.86. The fourth-order valence-corrected chi connectivity index (χ4v) is 3.70. The number of tetrazole rings is 1. The minimum Gasteiger partial charge on any atom is -0.550 e. The van der Waals surface area contributed by atoms with Gasteiger partial charge in [0.05, 0.1) is 19.3 Å². The number of nitrogens with zero attached hydrogens (tertiary/aromatic N) is 5. The lowest BCUT2D eigenvalue weighted by Crippen LogP contribution is -2.44. The van der Waals surface area contributed by atoms with Gasteiger partial charge in [-0.1, -0.05) is 11.2 Å². The van der Waals surface area contributed by atoms with Gasteiger partial charge in [0.15, 0.2) is 0 Å². The number of carboxylic acids is 1. The van der Waals surface area contributed by atoms with Crippen molar-refractivity contribution in [2.75, 3.05) is 32.2 Å². The summed E-state index contributed by atoms with van der Waals surface area (Å²) in [6.07, 6.45) is -1.27. The van der Waals surface area contributed by atoms with Crippen LogP contribution in [0.4, 0.5) is 5.69 Å². The first kappa shape index (κ1) is 21.0. The van der Waals surface area contributed by atoms with E-state index in [0.29, 0.717) is 5.75 Å². The number of rotatable bonds is 8. The Bertz CT molecular complexity index is 949. The fraction of sp³-hybridized carbons (Fsp3) is 0.526. The topological polar surface area (TPSA) is 144 Å². The van der Waals surface area contributed by atoms with E-state index in [1.807, 2.05) is 43.3 Å². The summed E-state index contributed by atoms with van der Waals surface area (Å²) in [6.45, 7) is 0.520. The Morgan fingerprint density at radius 3 is 2.84 bits per heavy atom. The van der Waals surface area contributed by atoms with Gasteiger partial charge in [0.25, 0.3) is 0 Å². The number of amides is 1. The average Bonchev–Trinajstić information content (AvgIpc) is 3.44. The lowest BCUT2D eigenvalue weighted by molar-refractivity contribution is -0.305. The van der Waals surface area contributed by atoms with E-state index < -0.39 is 18.0 Å². The first-order chi connectivity index (χ1) is 14.9. The number of carbonyl (C=O) groups is 2. The van der Waals surface area contributed by atoms with Gasteiger partial charge in [0.1, 0.15) is 24.0 Å². The molecule has 12 heteroatoms. The van der Waals surface area contributed by atoms with Gasteiger partial charge >= 0.3 is 6.01 Å². The molecule has 0 radical (unpaired) electrons. The van der Waals surface area contributed by atoms with E-state index in [9.17, 15) is 14.7 Å². The lowest BCUT2D eigenvalue weighted by atomic mass is 10.1. The van der Waals surface area contributed by atoms with Crippen LogP contribution in [0.3, 0.4) is 0 Å². The van der Waals surface area contributed by atoms with Gasteiger partial charge in [-0.05, 0) is 29.0 Å². The summed E-state index contributed by atoms with van der Waals surface area (Å²) in [5, 5.41) is 25.1. The Morgan fingerprint density at radius 1 is 1.26 bits per heavy atom. The van der Waals surface area contributed by atoms with Gasteiger partial charge in [-0.3, -0.25) is 4.79 Å². The monoisotopic (exact) mass is 431 g/mol. The summed E-state index contributed by atoms with van der Waals surface area (Å²) in [7, 11) is 3.87. The van der Waals surface area contributed by atoms with Gasteiger partial charge in [-0.15, -0.1) is 0 Å². The molecule has 0 saturated carbocycles. The molecule has 166 valence electrons. The quantitative estimate of drug-likeness (QED) is 0.546. The number of nitrogens with one attached hydrogen (secondary N) is 1. The van der Waals surface area contributed by atoms with E-state index in [2.05, 4.69) is 20.8 Å². The summed E-state index contributed by atoms with van der Waals surface area (Å²) in [6, 6.07) is 7.00. The zero-order chi connectivity index (χ0) is 22.0. The standard InChI is InChI=1S/C19H24N6O6/c1-24(2)11-4-3-5-12(8-11)31-19-21-22-23-25(19)14-10-30-17-13(9-29-18(14)17)20-15(26)6-7-16(27)28/h3-5,8,13-14,17-18H,6-7,9-10H2,1-2H3,(H,20,26)(H,27,28)/p-1/t13-,14-,17+,18+/m0/s1. The number of carbonyl (C=O) groups excluding carboxylic acids is 2. The maximum absolute atomic E-state index is 12.0. The molecule has 1 amide bonds. The lowest BCUT2D eigenvalue weighted by Gasteiger charge is -2.18. The molecule has 2 aliphatic heterocycles. The maximum atomic E-state index is 12.0. The zero-order valence-electron chi connectivity index (χ0n) is 17.1. The van der Waals surface area contributed by atoms with E-state index in [0.717, 1.165) is 5.69 Å². The number of hydrogen-bond donors (Lipinski definition) is 1. The minimum absolute atomic E-state index is 0.156. The van der Waals surface area contributed by atoms with Crippen LogP contribution in [0.25, 0.3) is 0 Å². The number of aromatic nitrogens is 4. The van der Waals surface area contributed by atoms with Crippen LogP contribution in [0, 0.1) is 0 Å². The summed E-state index contributed by atoms with van der Waals surface area (Å²) in [5.41, 5.74) is 0.970. The van der Waals surface area contributed by atoms with E-state index in [1.165, 1.54) is 4.68 Å². The minimum atomic E-state index is -1.27. The number of benzene rings is 1. The Labute approximate surface area is 178 Å². The second-order valence-electron chi connectivity index (χ2n) is 7.61. The van der Waals surface area contributed by atoms with Gasteiger partial charge in [0.2, 0.25) is 5.91 Å². The maximum Gasteiger partial charge on any atom is 0.341 e. The molecule has 1 aromatic carbocycles. The third kappa shape index (κ3) is 4.59. The molecule has 1 aromatic heterocycles. The highest BCUT2D eigenvalue weighted by Gasteiger charge is 2.50. The predicted molar refractivity (Wildman–Crippen MR) is 103 cm³/mol. The van der Waals surface area contributed by atoms with Crippen LogP contribution in [0.2, 0.25) is 0 Å². The van der Waals surface area contributed by atoms with Crippen molar-refractivity contribution in [2.24, 2.45) is 0 Å². The normalized spacial score (nSPS) is 24.6. The Kier molecular flexibility index (Phi) is 6.00. The highest BCUT2D eigenvalue weighted by molar-refractivity contribution is 5.80. The first-order valence-corrected chi connectivity index (χ1v) is 9.88. The zero-order valence-corrected chi connectivity index (χ0v) is 17.1. The molecule has 2 fully saturated rings. The van der Waals surface area contributed by atoms with Gasteiger partial charge in [0, 0.05) is 38.2 Å². The SMILES string of the molecule is CN(C)c1cccc(Oc2nnnn2[C@H]2CO[C@H]3[C@@H]2OC[C@@H]3NC(=O)CCC(=O)[O-])c1. The Balaban J connectivity index is 1.42. The van der Waals surface area contributed by atoms with Crippen LogP contribution in [-0.2, 0) is 19.1 Å². The second-order valence-corrected chi connectivity index (χ2v) is 7.61. The summed E-state index contributed by atoms with van der Waals surface area (Å²) in [4.78, 5) is 24.5. The molecule has 2 aromatic rings. The number of anilines is 1. The molecule has 0 unspecified atom stereocenters. The molecule has 31 heavy (non-hydrogen) atoms. The Hall–Kier alpha value is -3.25. The van der Waals surface area contributed by atoms with Crippen LogP contribution in [0.5, 0.6) is 11.8 Å². The molecule has 0 aliphatic carbocycles. The number of carboxylic acid groups (broad SMARTS) is 1. The third-order valence-corrected chi connectivity index (χ3v) is 5.25. The van der Waals surface area contributed by atoms with Crippen molar-refractivity contribution in [2.45, 2.75) is 37.1 Å². The molecule has 1 N–H and O–H groups in total. The molecule has 0 spiro atoms. The molecule has 2 aliphatic rings. The Morgan fingerprint density at radius 2 is 2.06 bits per heavy atom. The number of fused-ring (bicyclic) bond motifs is 1. The summed E-state index contributed by atoms with van der Waals surface area (Å²) < 4.78 is 19.1. The van der Waals surface area contributed by atoms with Crippen LogP contribution in [0.1, 0.15) is 18.9 Å². The van der Waals surface area contributed by atoms with Crippen molar-refractivity contribution in [3.63, 3.8) is 0 Å². The summed E-state index contributed by atoms with van der Waals surface area (Å²) >= 11 is 0. The molecule has 2 saturated heterocycles. The third-order valence-electron chi connectivity index (χ3n) is 5.25. The van der Waals surface area contributed by atoms with Crippen LogP contribution < -0.4 is 20.1 Å². The van der Waals surface area contributed by atoms with Crippen molar-refractivity contribution in [1.29, 1.82) is 0 Å². The number of aliphatic carboxylic acids is 1. The fourth-order valence-electron chi connectivity index (χ4n) is 3.70. The van der Waals surface area contributed by atoms with Crippen molar-refractivity contribution in [3.8, 4) is 11.8 Å². The largest absolute Gasteiger partial charge is 0.550 e. The predicted octanol–water partition coefficient (Wildman–Crippen LogP) is -1.11. The highest BCUT2D eigenvalue weighted by atomic mass is 16.6.